The van der Waals surface area contributed by atoms with E-state index in [1.54, 1.807) is 11.7 Å². The average molecular weight is 438 g/mol. The minimum absolute atomic E-state index is 0. The number of hydrogen-bond donors (Lipinski definition) is 1. The van der Waals surface area contributed by atoms with Crippen LogP contribution in [0.2, 0.25) is 5.02 Å². The zero-order valence-corrected chi connectivity index (χ0v) is 16.2. The van der Waals surface area contributed by atoms with Crippen molar-refractivity contribution in [2.24, 2.45) is 19.1 Å². The molecule has 0 saturated carbocycles. The van der Waals surface area contributed by atoms with Crippen molar-refractivity contribution in [1.82, 2.24) is 29.5 Å². The topological polar surface area (TPSA) is 63.3 Å². The third-order valence-corrected chi connectivity index (χ3v) is 3.46. The zero-order valence-electron chi connectivity index (χ0n) is 13.1. The molecule has 2 rings (SSSR count). The summed E-state index contributed by atoms with van der Waals surface area (Å²) in [5.74, 6) is 1.64. The first-order chi connectivity index (χ1) is 10.0. The number of guanidine groups is 1. The molecule has 0 aliphatic heterocycles. The summed E-state index contributed by atoms with van der Waals surface area (Å²) in [4.78, 5) is 10.5. The quantitative estimate of drug-likeness (QED) is 0.449. The molecular formula is C13H21ClIN7. The van der Waals surface area contributed by atoms with Crippen LogP contribution >= 0.6 is 35.6 Å². The molecule has 7 nitrogen and oxygen atoms in total. The molecule has 0 bridgehead atoms. The van der Waals surface area contributed by atoms with Gasteiger partial charge in [-0.15, -0.1) is 24.0 Å². The Labute approximate surface area is 152 Å². The van der Waals surface area contributed by atoms with Gasteiger partial charge in [-0.1, -0.05) is 11.6 Å². The van der Waals surface area contributed by atoms with E-state index in [1.807, 2.05) is 42.9 Å². The number of nitrogens with zero attached hydrogens (tertiary/aromatic N) is 6. The van der Waals surface area contributed by atoms with Gasteiger partial charge in [-0.3, -0.25) is 9.67 Å². The van der Waals surface area contributed by atoms with Gasteiger partial charge in [0.15, 0.2) is 5.96 Å². The van der Waals surface area contributed by atoms with Crippen LogP contribution in [-0.4, -0.2) is 44.3 Å². The van der Waals surface area contributed by atoms with Crippen molar-refractivity contribution >= 4 is 41.5 Å². The van der Waals surface area contributed by atoms with Crippen LogP contribution in [0.25, 0.3) is 0 Å². The van der Waals surface area contributed by atoms with E-state index in [0.717, 1.165) is 22.5 Å². The Hall–Kier alpha value is -1.29. The van der Waals surface area contributed by atoms with E-state index in [4.69, 9.17) is 11.6 Å². The molecule has 122 valence electrons. The van der Waals surface area contributed by atoms with Gasteiger partial charge in [0.2, 0.25) is 0 Å². The Kier molecular flexibility index (Phi) is 7.14. The van der Waals surface area contributed by atoms with Crippen molar-refractivity contribution in [1.29, 1.82) is 0 Å². The molecule has 0 aliphatic rings. The summed E-state index contributed by atoms with van der Waals surface area (Å²) in [7, 11) is 7.58. The Morgan fingerprint density at radius 2 is 2.18 bits per heavy atom. The second kappa shape index (κ2) is 8.37. The fourth-order valence-electron chi connectivity index (χ4n) is 2.06. The van der Waals surface area contributed by atoms with E-state index in [9.17, 15) is 0 Å². The molecule has 0 saturated heterocycles. The minimum atomic E-state index is 0. The number of hydrogen-bond acceptors (Lipinski definition) is 3. The number of rotatable bonds is 4. The highest BCUT2D eigenvalue weighted by molar-refractivity contribution is 14.0. The van der Waals surface area contributed by atoms with Gasteiger partial charge in [0.05, 0.1) is 18.1 Å². The molecule has 2 heterocycles. The van der Waals surface area contributed by atoms with Crippen molar-refractivity contribution in [3.05, 3.63) is 35.1 Å². The number of halogens is 2. The second-order valence-corrected chi connectivity index (χ2v) is 5.25. The van der Waals surface area contributed by atoms with Crippen LogP contribution in [0.3, 0.4) is 0 Å². The summed E-state index contributed by atoms with van der Waals surface area (Å²) in [6.45, 7) is 1.28. The van der Waals surface area contributed by atoms with Gasteiger partial charge in [-0.2, -0.15) is 5.10 Å². The largest absolute Gasteiger partial charge is 0.351 e. The third kappa shape index (κ3) is 4.60. The molecule has 22 heavy (non-hydrogen) atoms. The lowest BCUT2D eigenvalue weighted by Crippen LogP contribution is -2.38. The molecular weight excluding hydrogens is 417 g/mol. The highest BCUT2D eigenvalue weighted by atomic mass is 127. The van der Waals surface area contributed by atoms with E-state index in [1.165, 1.54) is 6.33 Å². The molecule has 0 fully saturated rings. The highest BCUT2D eigenvalue weighted by Crippen LogP contribution is 2.14. The lowest BCUT2D eigenvalue weighted by Gasteiger charge is -2.22. The van der Waals surface area contributed by atoms with Gasteiger partial charge in [0, 0.05) is 40.1 Å². The first-order valence-electron chi connectivity index (χ1n) is 6.56. The Balaban J connectivity index is 0.00000242. The van der Waals surface area contributed by atoms with Crippen molar-refractivity contribution in [3.8, 4) is 0 Å². The van der Waals surface area contributed by atoms with E-state index in [0.29, 0.717) is 13.1 Å². The first-order valence-corrected chi connectivity index (χ1v) is 6.94. The molecule has 0 atom stereocenters. The van der Waals surface area contributed by atoms with Crippen molar-refractivity contribution in [2.45, 2.75) is 13.1 Å². The maximum Gasteiger partial charge on any atom is 0.194 e. The Bertz CT molecular complexity index is 634. The summed E-state index contributed by atoms with van der Waals surface area (Å²) in [6, 6.07) is 1.95. The molecule has 0 aromatic carbocycles. The smallest absolute Gasteiger partial charge is 0.194 e. The molecule has 0 amide bonds. The van der Waals surface area contributed by atoms with Gasteiger partial charge >= 0.3 is 0 Å². The fourth-order valence-corrected chi connectivity index (χ4v) is 2.34. The van der Waals surface area contributed by atoms with Gasteiger partial charge in [-0.05, 0) is 6.07 Å². The van der Waals surface area contributed by atoms with Crippen LogP contribution in [-0.2, 0) is 27.2 Å². The summed E-state index contributed by atoms with van der Waals surface area (Å²) in [5, 5.41) is 8.05. The maximum absolute atomic E-state index is 6.01. The predicted octanol–water partition coefficient (Wildman–Crippen LogP) is 1.63. The summed E-state index contributed by atoms with van der Waals surface area (Å²) in [5.41, 5.74) is 1.11. The average Bonchev–Trinajstić information content (AvgIpc) is 2.97. The summed E-state index contributed by atoms with van der Waals surface area (Å²) >= 11 is 6.01. The second-order valence-electron chi connectivity index (χ2n) is 4.82. The summed E-state index contributed by atoms with van der Waals surface area (Å²) < 4.78 is 3.74. The molecule has 2 aromatic rings. The molecule has 0 unspecified atom stereocenters. The molecule has 9 heteroatoms. The van der Waals surface area contributed by atoms with Crippen molar-refractivity contribution in [2.75, 3.05) is 14.1 Å². The van der Waals surface area contributed by atoms with E-state index in [-0.39, 0.29) is 24.0 Å². The third-order valence-electron chi connectivity index (χ3n) is 3.26. The van der Waals surface area contributed by atoms with Crippen LogP contribution in [0.1, 0.15) is 11.5 Å². The fraction of sp³-hybridized carbons (Fsp3) is 0.462. The van der Waals surface area contributed by atoms with Gasteiger partial charge in [-0.25, -0.2) is 4.98 Å². The molecule has 0 spiro atoms. The van der Waals surface area contributed by atoms with Crippen LogP contribution in [0.15, 0.2) is 23.6 Å². The van der Waals surface area contributed by atoms with Gasteiger partial charge < -0.3 is 14.8 Å². The number of aromatic nitrogens is 4. The predicted molar refractivity (Wildman–Crippen MR) is 98.5 cm³/mol. The van der Waals surface area contributed by atoms with Gasteiger partial charge in [0.1, 0.15) is 12.2 Å². The lowest BCUT2D eigenvalue weighted by atomic mass is 10.4. The van der Waals surface area contributed by atoms with Gasteiger partial charge in [0.25, 0.3) is 0 Å². The van der Waals surface area contributed by atoms with Crippen molar-refractivity contribution < 1.29 is 0 Å². The molecule has 0 aliphatic carbocycles. The lowest BCUT2D eigenvalue weighted by molar-refractivity contribution is 0.459. The van der Waals surface area contributed by atoms with Crippen LogP contribution in [0.4, 0.5) is 0 Å². The van der Waals surface area contributed by atoms with E-state index in [2.05, 4.69) is 20.4 Å². The molecule has 1 N–H and O–H groups in total. The number of nitrogens with one attached hydrogen (secondary N) is 1. The first kappa shape index (κ1) is 18.8. The number of aryl methyl sites for hydroxylation is 2. The van der Waals surface area contributed by atoms with E-state index >= 15 is 0 Å². The SMILES string of the molecule is CN=C(NCc1ncnn1C)N(C)Cc1cc(Cl)cn1C.I. The normalized spacial score (nSPS) is 11.2. The molecule has 0 radical (unpaired) electrons. The maximum atomic E-state index is 6.01. The van der Waals surface area contributed by atoms with E-state index < -0.39 is 0 Å². The Morgan fingerprint density at radius 3 is 2.68 bits per heavy atom. The molecule has 2 aromatic heterocycles. The zero-order chi connectivity index (χ0) is 15.4. The number of aliphatic imine (C=N–C) groups is 1. The standard InChI is InChI=1S/C13H20ClN7.HI/c1-15-13(16-6-12-17-9-18-21(12)4)20(3)8-11-5-10(14)7-19(11)2;/h5,7,9H,6,8H2,1-4H3,(H,15,16);1H. The monoisotopic (exact) mass is 437 g/mol. The van der Waals surface area contributed by atoms with Crippen molar-refractivity contribution in [3.63, 3.8) is 0 Å². The Morgan fingerprint density at radius 1 is 1.45 bits per heavy atom. The highest BCUT2D eigenvalue weighted by Gasteiger charge is 2.10. The van der Waals surface area contributed by atoms with Crippen LogP contribution in [0.5, 0.6) is 0 Å². The minimum Gasteiger partial charge on any atom is -0.351 e. The van der Waals surface area contributed by atoms with Crippen LogP contribution < -0.4 is 5.32 Å². The summed E-state index contributed by atoms with van der Waals surface area (Å²) in [6.07, 6.45) is 3.43. The van der Waals surface area contributed by atoms with Crippen LogP contribution in [0, 0.1) is 0 Å².